The van der Waals surface area contributed by atoms with Gasteiger partial charge in [0.2, 0.25) is 0 Å². The molecule has 0 N–H and O–H groups in total. The quantitative estimate of drug-likeness (QED) is 0.724. The summed E-state index contributed by atoms with van der Waals surface area (Å²) in [5, 5.41) is 0. The van der Waals surface area contributed by atoms with E-state index in [1.54, 1.807) is 0 Å². The van der Waals surface area contributed by atoms with Gasteiger partial charge in [0.05, 0.1) is 6.10 Å². The second-order valence-corrected chi connectivity index (χ2v) is 5.51. The van der Waals surface area contributed by atoms with E-state index in [-0.39, 0.29) is 6.10 Å². The molecule has 0 unspecified atom stereocenters. The zero-order chi connectivity index (χ0) is 11.5. The second kappa shape index (κ2) is 4.69. The maximum Gasteiger partial charge on any atom is 0.122 e. The van der Waals surface area contributed by atoms with Gasteiger partial charge >= 0.3 is 0 Å². The number of rotatable bonds is 3. The summed E-state index contributed by atoms with van der Waals surface area (Å²) in [4.78, 5) is 0. The first kappa shape index (κ1) is 12.1. The normalized spacial score (nSPS) is 11.9. The topological polar surface area (TPSA) is 9.23 Å². The summed E-state index contributed by atoms with van der Waals surface area (Å²) >= 11 is 0. The summed E-state index contributed by atoms with van der Waals surface area (Å²) in [6.45, 7) is 10.9. The average molecular weight is 206 g/mol. The van der Waals surface area contributed by atoms with Gasteiger partial charge in [-0.15, -0.1) is 0 Å². The number of ether oxygens (including phenoxy) is 1. The van der Waals surface area contributed by atoms with Gasteiger partial charge in [-0.05, 0) is 37.3 Å². The highest BCUT2D eigenvalue weighted by Gasteiger charge is 2.14. The Balaban J connectivity index is 2.86. The minimum absolute atomic E-state index is 0.242. The Bertz CT molecular complexity index is 307. The van der Waals surface area contributed by atoms with Crippen molar-refractivity contribution >= 4 is 0 Å². The molecule has 84 valence electrons. The van der Waals surface area contributed by atoms with Crippen LogP contribution >= 0.6 is 0 Å². The minimum atomic E-state index is 0.242. The lowest BCUT2D eigenvalue weighted by molar-refractivity contribution is 0.237. The molecule has 0 aromatic heterocycles. The van der Waals surface area contributed by atoms with Gasteiger partial charge in [-0.1, -0.05) is 39.0 Å². The molecule has 1 rings (SSSR count). The Kier molecular flexibility index (Phi) is 3.78. The van der Waals surface area contributed by atoms with E-state index in [0.717, 1.165) is 12.2 Å². The Morgan fingerprint density at radius 2 is 1.73 bits per heavy atom. The fourth-order valence-corrected chi connectivity index (χ4v) is 1.59. The molecular formula is C14H22O. The molecule has 1 heteroatoms. The van der Waals surface area contributed by atoms with Crippen LogP contribution in [0.1, 0.15) is 40.2 Å². The summed E-state index contributed by atoms with van der Waals surface area (Å²) in [5.41, 5.74) is 1.61. The van der Waals surface area contributed by atoms with Crippen molar-refractivity contribution in [3.63, 3.8) is 0 Å². The second-order valence-electron chi connectivity index (χ2n) is 5.51. The van der Waals surface area contributed by atoms with Crippen molar-refractivity contribution in [3.05, 3.63) is 29.8 Å². The van der Waals surface area contributed by atoms with E-state index >= 15 is 0 Å². The molecule has 0 heterocycles. The molecular weight excluding hydrogens is 184 g/mol. The van der Waals surface area contributed by atoms with Gasteiger partial charge in [0, 0.05) is 0 Å². The summed E-state index contributed by atoms with van der Waals surface area (Å²) in [7, 11) is 0. The fraction of sp³-hybridized carbons (Fsp3) is 0.571. The third kappa shape index (κ3) is 4.37. The molecule has 0 saturated heterocycles. The minimum Gasteiger partial charge on any atom is -0.491 e. The van der Waals surface area contributed by atoms with Crippen molar-refractivity contribution in [2.75, 3.05) is 0 Å². The lowest BCUT2D eigenvalue weighted by Crippen LogP contribution is -2.12. The first-order valence-corrected chi connectivity index (χ1v) is 5.63. The monoisotopic (exact) mass is 206 g/mol. The van der Waals surface area contributed by atoms with E-state index < -0.39 is 0 Å². The van der Waals surface area contributed by atoms with Crippen LogP contribution in [0.25, 0.3) is 0 Å². The number of benzene rings is 1. The lowest BCUT2D eigenvalue weighted by atomic mass is 9.88. The van der Waals surface area contributed by atoms with Crippen molar-refractivity contribution in [1.29, 1.82) is 0 Å². The SMILES string of the molecule is CC(C)Oc1ccccc1CC(C)(C)C. The third-order valence-corrected chi connectivity index (χ3v) is 2.06. The molecule has 0 fully saturated rings. The lowest BCUT2D eigenvalue weighted by Gasteiger charge is -2.21. The molecule has 1 aromatic rings. The predicted octanol–water partition coefficient (Wildman–Crippen LogP) is 4.06. The zero-order valence-electron chi connectivity index (χ0n) is 10.5. The molecule has 1 nitrogen and oxygen atoms in total. The molecule has 0 amide bonds. The highest BCUT2D eigenvalue weighted by atomic mass is 16.5. The Labute approximate surface area is 93.5 Å². The molecule has 0 spiro atoms. The van der Waals surface area contributed by atoms with E-state index in [4.69, 9.17) is 4.74 Å². The average Bonchev–Trinajstić information content (AvgIpc) is 2.05. The van der Waals surface area contributed by atoms with Crippen molar-refractivity contribution in [2.24, 2.45) is 5.41 Å². The van der Waals surface area contributed by atoms with E-state index in [1.165, 1.54) is 5.56 Å². The smallest absolute Gasteiger partial charge is 0.122 e. The van der Waals surface area contributed by atoms with Crippen LogP contribution in [0.3, 0.4) is 0 Å². The number of hydrogen-bond acceptors (Lipinski definition) is 1. The highest BCUT2D eigenvalue weighted by molar-refractivity contribution is 5.34. The molecule has 1 aromatic carbocycles. The molecule has 0 aliphatic carbocycles. The van der Waals surface area contributed by atoms with Crippen molar-refractivity contribution in [3.8, 4) is 5.75 Å². The molecule has 0 aliphatic rings. The number of para-hydroxylation sites is 1. The van der Waals surface area contributed by atoms with Crippen LogP contribution in [-0.2, 0) is 6.42 Å². The largest absolute Gasteiger partial charge is 0.491 e. The Morgan fingerprint density at radius 1 is 1.13 bits per heavy atom. The van der Waals surface area contributed by atoms with Gasteiger partial charge < -0.3 is 4.74 Å². The molecule has 0 radical (unpaired) electrons. The predicted molar refractivity (Wildman–Crippen MR) is 65.4 cm³/mol. The van der Waals surface area contributed by atoms with Crippen LogP contribution in [0.15, 0.2) is 24.3 Å². The fourth-order valence-electron chi connectivity index (χ4n) is 1.59. The maximum atomic E-state index is 5.79. The summed E-state index contributed by atoms with van der Waals surface area (Å²) in [6.07, 6.45) is 1.29. The summed E-state index contributed by atoms with van der Waals surface area (Å²) < 4.78 is 5.79. The van der Waals surface area contributed by atoms with Crippen LogP contribution in [0.2, 0.25) is 0 Å². The number of hydrogen-bond donors (Lipinski definition) is 0. The van der Waals surface area contributed by atoms with Crippen LogP contribution in [-0.4, -0.2) is 6.10 Å². The van der Waals surface area contributed by atoms with Crippen LogP contribution in [0, 0.1) is 5.41 Å². The standard InChI is InChI=1S/C14H22O/c1-11(2)15-13-9-7-6-8-12(13)10-14(3,4)5/h6-9,11H,10H2,1-5H3. The molecule has 15 heavy (non-hydrogen) atoms. The molecule has 0 atom stereocenters. The third-order valence-electron chi connectivity index (χ3n) is 2.06. The van der Waals surface area contributed by atoms with E-state index in [2.05, 4.69) is 52.8 Å². The summed E-state index contributed by atoms with van der Waals surface area (Å²) in [5.74, 6) is 1.03. The Hall–Kier alpha value is -0.980. The first-order chi connectivity index (χ1) is 6.88. The maximum absolute atomic E-state index is 5.79. The van der Waals surface area contributed by atoms with Gasteiger partial charge in [0.25, 0.3) is 0 Å². The van der Waals surface area contributed by atoms with Gasteiger partial charge in [0.15, 0.2) is 0 Å². The zero-order valence-corrected chi connectivity index (χ0v) is 10.5. The van der Waals surface area contributed by atoms with Crippen molar-refractivity contribution < 1.29 is 4.74 Å². The van der Waals surface area contributed by atoms with Gasteiger partial charge in [-0.3, -0.25) is 0 Å². The van der Waals surface area contributed by atoms with Crippen LogP contribution < -0.4 is 4.74 Å². The van der Waals surface area contributed by atoms with Gasteiger partial charge in [-0.2, -0.15) is 0 Å². The van der Waals surface area contributed by atoms with E-state index in [1.807, 2.05) is 6.07 Å². The summed E-state index contributed by atoms with van der Waals surface area (Å²) in [6, 6.07) is 8.32. The van der Waals surface area contributed by atoms with Crippen molar-refractivity contribution in [1.82, 2.24) is 0 Å². The Morgan fingerprint density at radius 3 is 2.27 bits per heavy atom. The van der Waals surface area contributed by atoms with Crippen LogP contribution in [0.5, 0.6) is 5.75 Å². The first-order valence-electron chi connectivity index (χ1n) is 5.63. The molecule has 0 saturated carbocycles. The highest BCUT2D eigenvalue weighted by Crippen LogP contribution is 2.27. The van der Waals surface area contributed by atoms with E-state index in [0.29, 0.717) is 5.41 Å². The van der Waals surface area contributed by atoms with E-state index in [9.17, 15) is 0 Å². The van der Waals surface area contributed by atoms with Crippen LogP contribution in [0.4, 0.5) is 0 Å². The van der Waals surface area contributed by atoms with Gasteiger partial charge in [0.1, 0.15) is 5.75 Å². The van der Waals surface area contributed by atoms with Gasteiger partial charge in [-0.25, -0.2) is 0 Å². The molecule has 0 bridgehead atoms. The molecule has 0 aliphatic heterocycles. The van der Waals surface area contributed by atoms with Crippen molar-refractivity contribution in [2.45, 2.75) is 47.1 Å².